The molecule has 3 heterocycles. The molecule has 2 aromatic carbocycles. The largest absolute Gasteiger partial charge is 0.496 e. The normalized spacial score (nSPS) is 13.1. The van der Waals surface area contributed by atoms with Crippen LogP contribution in [0, 0.1) is 0 Å². The Kier molecular flexibility index (Phi) is 4.17. The molecule has 4 aromatic rings. The maximum absolute atomic E-state index is 13.3. The van der Waals surface area contributed by atoms with Crippen LogP contribution in [0.2, 0.25) is 0 Å². The van der Waals surface area contributed by atoms with Gasteiger partial charge in [0.15, 0.2) is 6.73 Å². The zero-order valence-electron chi connectivity index (χ0n) is 15.8. The van der Waals surface area contributed by atoms with Gasteiger partial charge < -0.3 is 18.8 Å². The Morgan fingerprint density at radius 1 is 1.07 bits per heavy atom. The van der Waals surface area contributed by atoms with Crippen LogP contribution >= 0.6 is 0 Å². The highest BCUT2D eigenvalue weighted by molar-refractivity contribution is 5.87. The summed E-state index contributed by atoms with van der Waals surface area (Å²) < 4.78 is 17.3. The Labute approximate surface area is 166 Å². The maximum Gasteiger partial charge on any atom is 0.200 e. The van der Waals surface area contributed by atoms with E-state index in [0.717, 1.165) is 17.0 Å². The molecule has 0 saturated heterocycles. The average molecular weight is 386 g/mol. The van der Waals surface area contributed by atoms with E-state index >= 15 is 0 Å². The molecule has 0 bridgehead atoms. The molecule has 0 atom stereocenters. The van der Waals surface area contributed by atoms with Crippen molar-refractivity contribution in [2.45, 2.75) is 6.54 Å². The van der Waals surface area contributed by atoms with E-state index in [1.54, 1.807) is 25.6 Å². The summed E-state index contributed by atoms with van der Waals surface area (Å²) in [7, 11) is 1.59. The van der Waals surface area contributed by atoms with Crippen molar-refractivity contribution in [1.82, 2.24) is 4.98 Å². The fourth-order valence-corrected chi connectivity index (χ4v) is 3.67. The molecule has 2 aromatic heterocycles. The van der Waals surface area contributed by atoms with Crippen molar-refractivity contribution in [3.8, 4) is 22.6 Å². The number of nitrogens with zero attached hydrogens (tertiary/aromatic N) is 2. The number of anilines is 1. The summed E-state index contributed by atoms with van der Waals surface area (Å²) >= 11 is 0. The van der Waals surface area contributed by atoms with Crippen LogP contribution in [0.15, 0.2) is 76.4 Å². The molecule has 5 rings (SSSR count). The van der Waals surface area contributed by atoms with E-state index in [1.165, 1.54) is 6.26 Å². The van der Waals surface area contributed by atoms with E-state index in [4.69, 9.17) is 13.9 Å². The Balaban J connectivity index is 1.63. The van der Waals surface area contributed by atoms with Crippen LogP contribution in [-0.4, -0.2) is 18.8 Å². The quantitative estimate of drug-likeness (QED) is 0.525. The van der Waals surface area contributed by atoms with Crippen molar-refractivity contribution < 1.29 is 13.9 Å². The van der Waals surface area contributed by atoms with Crippen molar-refractivity contribution in [1.29, 1.82) is 0 Å². The minimum absolute atomic E-state index is 0.1000. The molecule has 29 heavy (non-hydrogen) atoms. The third-order valence-electron chi connectivity index (χ3n) is 5.13. The Morgan fingerprint density at radius 2 is 1.97 bits per heavy atom. The standard InChI is InChI=1S/C23H18N2O4/c1-27-20-7-3-2-6-16(20)19-13-28-23-17(22(19)26)8-9-21-18(23)12-25(14-29-21)15-5-4-10-24-11-15/h2-11,13H,12,14H2,1H3. The van der Waals surface area contributed by atoms with Crippen LogP contribution in [-0.2, 0) is 6.54 Å². The van der Waals surface area contributed by atoms with E-state index in [1.807, 2.05) is 47.4 Å². The highest BCUT2D eigenvalue weighted by Gasteiger charge is 2.23. The lowest BCUT2D eigenvalue weighted by molar-refractivity contribution is 0.289. The van der Waals surface area contributed by atoms with Crippen LogP contribution in [0.3, 0.4) is 0 Å². The number of fused-ring (bicyclic) bond motifs is 3. The Hall–Kier alpha value is -3.80. The van der Waals surface area contributed by atoms with Gasteiger partial charge in [0.25, 0.3) is 0 Å². The number of ether oxygens (including phenoxy) is 2. The third kappa shape index (κ3) is 2.89. The first-order valence-corrected chi connectivity index (χ1v) is 9.25. The van der Waals surface area contributed by atoms with Crippen LogP contribution in [0.5, 0.6) is 11.5 Å². The van der Waals surface area contributed by atoms with Gasteiger partial charge in [0.2, 0.25) is 5.43 Å². The molecular formula is C23H18N2O4. The molecule has 0 N–H and O–H groups in total. The highest BCUT2D eigenvalue weighted by Crippen LogP contribution is 2.35. The van der Waals surface area contributed by atoms with Gasteiger partial charge in [-0.1, -0.05) is 18.2 Å². The first-order chi connectivity index (χ1) is 14.3. The number of benzene rings is 2. The lowest BCUT2D eigenvalue weighted by Crippen LogP contribution is -2.32. The molecule has 0 saturated carbocycles. The number of para-hydroxylation sites is 1. The molecule has 1 aliphatic heterocycles. The topological polar surface area (TPSA) is 64.8 Å². The second-order valence-electron chi connectivity index (χ2n) is 6.78. The van der Waals surface area contributed by atoms with Gasteiger partial charge in [-0.05, 0) is 30.3 Å². The average Bonchev–Trinajstić information content (AvgIpc) is 2.79. The lowest BCUT2D eigenvalue weighted by Gasteiger charge is -2.30. The van der Waals surface area contributed by atoms with Gasteiger partial charge in [-0.15, -0.1) is 0 Å². The van der Waals surface area contributed by atoms with E-state index in [9.17, 15) is 4.79 Å². The summed E-state index contributed by atoms with van der Waals surface area (Å²) in [6, 6.07) is 14.9. The molecule has 0 amide bonds. The van der Waals surface area contributed by atoms with Crippen LogP contribution < -0.4 is 19.8 Å². The van der Waals surface area contributed by atoms with Gasteiger partial charge in [-0.3, -0.25) is 9.78 Å². The van der Waals surface area contributed by atoms with Gasteiger partial charge in [0.05, 0.1) is 42.1 Å². The number of hydrogen-bond acceptors (Lipinski definition) is 6. The fraction of sp³-hybridized carbons (Fsp3) is 0.130. The molecule has 1 aliphatic rings. The predicted octanol–water partition coefficient (Wildman–Crippen LogP) is 4.22. The van der Waals surface area contributed by atoms with Crippen molar-refractivity contribution in [2.75, 3.05) is 18.7 Å². The zero-order chi connectivity index (χ0) is 19.8. The molecular weight excluding hydrogens is 368 g/mol. The summed E-state index contributed by atoms with van der Waals surface area (Å²) in [6.07, 6.45) is 5.03. The zero-order valence-corrected chi connectivity index (χ0v) is 15.8. The first-order valence-electron chi connectivity index (χ1n) is 9.25. The van der Waals surface area contributed by atoms with Gasteiger partial charge in [-0.2, -0.15) is 0 Å². The predicted molar refractivity (Wildman–Crippen MR) is 110 cm³/mol. The van der Waals surface area contributed by atoms with E-state index in [2.05, 4.69) is 4.98 Å². The maximum atomic E-state index is 13.3. The number of hydrogen-bond donors (Lipinski definition) is 0. The Morgan fingerprint density at radius 3 is 2.79 bits per heavy atom. The summed E-state index contributed by atoms with van der Waals surface area (Å²) in [4.78, 5) is 19.5. The molecule has 0 aliphatic carbocycles. The van der Waals surface area contributed by atoms with E-state index in [0.29, 0.717) is 41.1 Å². The summed E-state index contributed by atoms with van der Waals surface area (Å²) in [5, 5.41) is 0.517. The van der Waals surface area contributed by atoms with Crippen LogP contribution in [0.25, 0.3) is 22.1 Å². The molecule has 0 fully saturated rings. The molecule has 0 unspecified atom stereocenters. The third-order valence-corrected chi connectivity index (χ3v) is 5.13. The molecule has 0 radical (unpaired) electrons. The summed E-state index contributed by atoms with van der Waals surface area (Å²) in [5.41, 5.74) is 3.41. The monoisotopic (exact) mass is 386 g/mol. The lowest BCUT2D eigenvalue weighted by atomic mass is 10.0. The molecule has 6 nitrogen and oxygen atoms in total. The van der Waals surface area contributed by atoms with Crippen LogP contribution in [0.1, 0.15) is 5.56 Å². The molecule has 6 heteroatoms. The Bertz CT molecular complexity index is 1250. The van der Waals surface area contributed by atoms with Crippen LogP contribution in [0.4, 0.5) is 5.69 Å². The van der Waals surface area contributed by atoms with E-state index in [-0.39, 0.29) is 5.43 Å². The van der Waals surface area contributed by atoms with Crippen molar-refractivity contribution in [3.05, 3.63) is 83.0 Å². The second-order valence-corrected chi connectivity index (χ2v) is 6.78. The number of pyridine rings is 1. The number of methoxy groups -OCH3 is 1. The van der Waals surface area contributed by atoms with Gasteiger partial charge in [-0.25, -0.2) is 0 Å². The fourth-order valence-electron chi connectivity index (χ4n) is 3.67. The highest BCUT2D eigenvalue weighted by atomic mass is 16.5. The van der Waals surface area contributed by atoms with Gasteiger partial charge in [0.1, 0.15) is 23.3 Å². The smallest absolute Gasteiger partial charge is 0.200 e. The minimum Gasteiger partial charge on any atom is -0.496 e. The second kappa shape index (κ2) is 6.98. The van der Waals surface area contributed by atoms with Crippen molar-refractivity contribution >= 4 is 16.7 Å². The van der Waals surface area contributed by atoms with Crippen molar-refractivity contribution in [3.63, 3.8) is 0 Å². The molecule has 0 spiro atoms. The SMILES string of the molecule is COc1ccccc1-c1coc2c3c(ccc2c1=O)OCN(c1cccnc1)C3. The minimum atomic E-state index is -0.1000. The first kappa shape index (κ1) is 17.3. The molecule has 144 valence electrons. The number of aromatic nitrogens is 1. The van der Waals surface area contributed by atoms with Gasteiger partial charge >= 0.3 is 0 Å². The van der Waals surface area contributed by atoms with E-state index < -0.39 is 0 Å². The van der Waals surface area contributed by atoms with Crippen molar-refractivity contribution in [2.24, 2.45) is 0 Å². The summed E-state index contributed by atoms with van der Waals surface area (Å²) in [6.45, 7) is 0.975. The van der Waals surface area contributed by atoms with Gasteiger partial charge in [0, 0.05) is 11.8 Å². The summed E-state index contributed by atoms with van der Waals surface area (Å²) in [5.74, 6) is 1.36. The number of rotatable bonds is 3.